The Bertz CT molecular complexity index is 651. The Labute approximate surface area is 125 Å². The Kier molecular flexibility index (Phi) is 2.33. The summed E-state index contributed by atoms with van der Waals surface area (Å²) >= 11 is 0. The van der Waals surface area contributed by atoms with Crippen molar-refractivity contribution in [1.82, 2.24) is 4.90 Å². The van der Waals surface area contributed by atoms with E-state index in [-0.39, 0.29) is 5.54 Å². The molecule has 3 heterocycles. The number of hydrogen-bond donors (Lipinski definition) is 0. The molecule has 110 valence electrons. The molecule has 1 aromatic carbocycles. The summed E-state index contributed by atoms with van der Waals surface area (Å²) in [5.41, 5.74) is 4.82. The van der Waals surface area contributed by atoms with Gasteiger partial charge in [-0.2, -0.15) is 0 Å². The van der Waals surface area contributed by atoms with E-state index >= 15 is 0 Å². The van der Waals surface area contributed by atoms with Crippen molar-refractivity contribution in [2.24, 2.45) is 0 Å². The van der Waals surface area contributed by atoms with E-state index in [0.717, 1.165) is 17.9 Å². The lowest BCUT2D eigenvalue weighted by Gasteiger charge is -2.38. The fourth-order valence-corrected chi connectivity index (χ4v) is 5.06. The molecule has 1 fully saturated rings. The second kappa shape index (κ2) is 4.04. The maximum atomic E-state index is 5.64. The van der Waals surface area contributed by atoms with Crippen molar-refractivity contribution in [3.8, 4) is 11.5 Å². The minimum Gasteiger partial charge on any atom is -0.454 e. The predicted octanol–water partition coefficient (Wildman–Crippen LogP) is 3.24. The quantitative estimate of drug-likeness (QED) is 0.682. The normalized spacial score (nSPS) is 33.2. The highest BCUT2D eigenvalue weighted by Crippen LogP contribution is 2.54. The van der Waals surface area contributed by atoms with Gasteiger partial charge in [-0.3, -0.25) is 4.90 Å². The van der Waals surface area contributed by atoms with Crippen molar-refractivity contribution < 1.29 is 9.47 Å². The van der Waals surface area contributed by atoms with Crippen LogP contribution in [-0.2, 0) is 6.42 Å². The fourth-order valence-electron chi connectivity index (χ4n) is 5.06. The van der Waals surface area contributed by atoms with Gasteiger partial charge in [0.15, 0.2) is 11.5 Å². The minimum atomic E-state index is 0.281. The SMILES string of the molecule is CC1=CC23CCCN2CCc2cc4c(cc2C3C1)OCO4. The average molecular weight is 283 g/mol. The molecule has 0 saturated carbocycles. The van der Waals surface area contributed by atoms with E-state index in [4.69, 9.17) is 9.47 Å². The molecule has 1 spiro atoms. The molecule has 3 heteroatoms. The molecule has 3 nitrogen and oxygen atoms in total. The van der Waals surface area contributed by atoms with Crippen LogP contribution in [0.4, 0.5) is 0 Å². The lowest BCUT2D eigenvalue weighted by molar-refractivity contribution is 0.169. The highest BCUT2D eigenvalue weighted by atomic mass is 16.7. The van der Waals surface area contributed by atoms with Gasteiger partial charge in [-0.1, -0.05) is 11.6 Å². The van der Waals surface area contributed by atoms with Crippen LogP contribution >= 0.6 is 0 Å². The average Bonchev–Trinajstić information content (AvgIpc) is 3.14. The molecule has 0 N–H and O–H groups in total. The summed E-state index contributed by atoms with van der Waals surface area (Å²) in [6, 6.07) is 4.51. The second-order valence-electron chi connectivity index (χ2n) is 6.98. The van der Waals surface area contributed by atoms with Gasteiger partial charge in [0, 0.05) is 18.0 Å². The fraction of sp³-hybridized carbons (Fsp3) is 0.556. The predicted molar refractivity (Wildman–Crippen MR) is 80.9 cm³/mol. The number of hydrogen-bond acceptors (Lipinski definition) is 3. The van der Waals surface area contributed by atoms with Crippen LogP contribution in [0.5, 0.6) is 11.5 Å². The maximum Gasteiger partial charge on any atom is 0.231 e. The van der Waals surface area contributed by atoms with Gasteiger partial charge in [0.25, 0.3) is 0 Å². The first-order chi connectivity index (χ1) is 10.3. The first-order valence-corrected chi connectivity index (χ1v) is 8.12. The maximum absolute atomic E-state index is 5.64. The molecular formula is C18H21NO2. The van der Waals surface area contributed by atoms with E-state index in [0.29, 0.717) is 12.7 Å². The third-order valence-electron chi connectivity index (χ3n) is 5.88. The van der Waals surface area contributed by atoms with Crippen molar-refractivity contribution >= 4 is 0 Å². The number of rotatable bonds is 0. The van der Waals surface area contributed by atoms with Crippen LogP contribution in [0.25, 0.3) is 0 Å². The van der Waals surface area contributed by atoms with Gasteiger partial charge in [0.2, 0.25) is 6.79 Å². The summed E-state index contributed by atoms with van der Waals surface area (Å²) in [7, 11) is 0. The van der Waals surface area contributed by atoms with Gasteiger partial charge >= 0.3 is 0 Å². The zero-order valence-corrected chi connectivity index (χ0v) is 12.5. The molecule has 0 aromatic heterocycles. The van der Waals surface area contributed by atoms with Crippen LogP contribution in [-0.4, -0.2) is 30.3 Å². The summed E-state index contributed by atoms with van der Waals surface area (Å²) in [6.45, 7) is 5.10. The van der Waals surface area contributed by atoms with E-state index in [2.05, 4.69) is 30.0 Å². The Morgan fingerprint density at radius 1 is 1.19 bits per heavy atom. The van der Waals surface area contributed by atoms with Crippen molar-refractivity contribution in [3.63, 3.8) is 0 Å². The molecule has 3 aliphatic heterocycles. The second-order valence-corrected chi connectivity index (χ2v) is 6.98. The topological polar surface area (TPSA) is 21.7 Å². The number of ether oxygens (including phenoxy) is 2. The molecule has 2 unspecified atom stereocenters. The molecule has 1 saturated heterocycles. The van der Waals surface area contributed by atoms with Crippen molar-refractivity contribution in [2.45, 2.75) is 44.1 Å². The van der Waals surface area contributed by atoms with Gasteiger partial charge in [-0.05, 0) is 62.4 Å². The third-order valence-corrected chi connectivity index (χ3v) is 5.88. The molecular weight excluding hydrogens is 262 g/mol. The Morgan fingerprint density at radius 3 is 2.95 bits per heavy atom. The summed E-state index contributed by atoms with van der Waals surface area (Å²) in [5.74, 6) is 2.49. The van der Waals surface area contributed by atoms with E-state index in [1.165, 1.54) is 43.5 Å². The molecule has 0 bridgehead atoms. The summed E-state index contributed by atoms with van der Waals surface area (Å²) < 4.78 is 11.2. The van der Waals surface area contributed by atoms with Crippen LogP contribution in [0.2, 0.25) is 0 Å². The first-order valence-electron chi connectivity index (χ1n) is 8.12. The minimum absolute atomic E-state index is 0.281. The van der Waals surface area contributed by atoms with Crippen molar-refractivity contribution in [1.29, 1.82) is 0 Å². The van der Waals surface area contributed by atoms with E-state index in [1.807, 2.05) is 0 Å². The molecule has 4 aliphatic rings. The zero-order valence-electron chi connectivity index (χ0n) is 12.5. The van der Waals surface area contributed by atoms with E-state index < -0.39 is 0 Å². The first kappa shape index (κ1) is 12.1. The highest BCUT2D eigenvalue weighted by molar-refractivity contribution is 5.53. The summed E-state index contributed by atoms with van der Waals surface area (Å²) in [6.07, 6.45) is 7.55. The van der Waals surface area contributed by atoms with Crippen LogP contribution in [0, 0.1) is 0 Å². The lowest BCUT2D eigenvalue weighted by atomic mass is 9.79. The molecule has 1 aliphatic carbocycles. The third kappa shape index (κ3) is 1.53. The summed E-state index contributed by atoms with van der Waals surface area (Å²) in [4.78, 5) is 2.74. The van der Waals surface area contributed by atoms with E-state index in [9.17, 15) is 0 Å². The van der Waals surface area contributed by atoms with Crippen LogP contribution < -0.4 is 9.47 Å². The van der Waals surface area contributed by atoms with Gasteiger partial charge in [0.05, 0.1) is 0 Å². The number of fused-ring (bicyclic) bond motifs is 3. The van der Waals surface area contributed by atoms with Crippen LogP contribution in [0.1, 0.15) is 43.2 Å². The van der Waals surface area contributed by atoms with Gasteiger partial charge < -0.3 is 9.47 Å². The summed E-state index contributed by atoms with van der Waals surface area (Å²) in [5, 5.41) is 0. The van der Waals surface area contributed by atoms with Crippen LogP contribution in [0.15, 0.2) is 23.8 Å². The molecule has 5 rings (SSSR count). The van der Waals surface area contributed by atoms with Crippen molar-refractivity contribution in [2.75, 3.05) is 19.9 Å². The van der Waals surface area contributed by atoms with Crippen LogP contribution in [0.3, 0.4) is 0 Å². The highest BCUT2D eigenvalue weighted by Gasteiger charge is 2.50. The smallest absolute Gasteiger partial charge is 0.231 e. The number of benzene rings is 1. The lowest BCUT2D eigenvalue weighted by Crippen LogP contribution is -2.44. The standard InChI is InChI=1S/C18H21NO2/c1-12-7-15-14-9-17-16(20-11-21-17)8-13(14)3-6-19-5-2-4-18(15,19)10-12/h8-10,15H,2-7,11H2,1H3. The molecule has 21 heavy (non-hydrogen) atoms. The molecule has 0 amide bonds. The monoisotopic (exact) mass is 283 g/mol. The zero-order chi connectivity index (χ0) is 14.0. The van der Waals surface area contributed by atoms with Gasteiger partial charge in [-0.15, -0.1) is 0 Å². The number of nitrogens with zero attached hydrogens (tertiary/aromatic N) is 1. The Hall–Kier alpha value is -1.48. The van der Waals surface area contributed by atoms with Gasteiger partial charge in [-0.25, -0.2) is 0 Å². The molecule has 1 aromatic rings. The van der Waals surface area contributed by atoms with Crippen molar-refractivity contribution in [3.05, 3.63) is 34.9 Å². The van der Waals surface area contributed by atoms with Gasteiger partial charge in [0.1, 0.15) is 0 Å². The molecule has 2 atom stereocenters. The molecule has 0 radical (unpaired) electrons. The van der Waals surface area contributed by atoms with E-state index in [1.54, 1.807) is 5.57 Å². The Balaban J connectivity index is 1.69. The Morgan fingerprint density at radius 2 is 2.05 bits per heavy atom. The largest absolute Gasteiger partial charge is 0.454 e. The number of allylic oxidation sites excluding steroid dienone is 1.